The van der Waals surface area contributed by atoms with Gasteiger partial charge in [-0.25, -0.2) is 0 Å². The topological polar surface area (TPSA) is 64.9 Å². The summed E-state index contributed by atoms with van der Waals surface area (Å²) in [6, 6.07) is 5.48. The van der Waals surface area contributed by atoms with E-state index in [1.165, 1.54) is 0 Å². The fourth-order valence-corrected chi connectivity index (χ4v) is 2.35. The summed E-state index contributed by atoms with van der Waals surface area (Å²) in [5.74, 6) is 1.30. The minimum atomic E-state index is -0.0666. The first-order chi connectivity index (χ1) is 9.13. The zero-order chi connectivity index (χ0) is 13.5. The Balaban J connectivity index is 1.78. The fraction of sp³-hybridized carbons (Fsp3) is 0.385. The maximum Gasteiger partial charge on any atom is 0.234 e. The Morgan fingerprint density at radius 1 is 1.26 bits per heavy atom. The maximum absolute atomic E-state index is 5.98. The lowest BCUT2D eigenvalue weighted by Crippen LogP contribution is -2.20. The van der Waals surface area contributed by atoms with Gasteiger partial charge in [-0.1, -0.05) is 34.4 Å². The van der Waals surface area contributed by atoms with Crippen LogP contribution in [0.4, 0.5) is 0 Å². The van der Waals surface area contributed by atoms with Crippen molar-refractivity contribution >= 4 is 23.2 Å². The van der Waals surface area contributed by atoms with Gasteiger partial charge in [0.25, 0.3) is 0 Å². The summed E-state index contributed by atoms with van der Waals surface area (Å²) in [7, 11) is 0. The monoisotopic (exact) mass is 297 g/mol. The van der Waals surface area contributed by atoms with Gasteiger partial charge in [0.1, 0.15) is 0 Å². The Morgan fingerprint density at radius 3 is 2.68 bits per heavy atom. The van der Waals surface area contributed by atoms with Crippen molar-refractivity contribution in [1.29, 1.82) is 0 Å². The van der Waals surface area contributed by atoms with Crippen LogP contribution in [0, 0.1) is 0 Å². The second-order valence-electron chi connectivity index (χ2n) is 4.93. The third-order valence-electron chi connectivity index (χ3n) is 3.51. The van der Waals surface area contributed by atoms with Crippen LogP contribution in [0.3, 0.4) is 0 Å². The molecule has 3 rings (SSSR count). The lowest BCUT2D eigenvalue weighted by Gasteiger charge is -2.03. The van der Waals surface area contributed by atoms with Crippen LogP contribution in [0.15, 0.2) is 22.7 Å². The highest BCUT2D eigenvalue weighted by atomic mass is 35.5. The third kappa shape index (κ3) is 2.48. The molecule has 2 aromatic rings. The number of halogens is 2. The first-order valence-electron chi connectivity index (χ1n) is 6.10. The van der Waals surface area contributed by atoms with Gasteiger partial charge in [0, 0.05) is 13.0 Å². The molecule has 19 heavy (non-hydrogen) atoms. The fourth-order valence-electron chi connectivity index (χ4n) is 2.03. The number of nitrogens with zero attached hydrogens (tertiary/aromatic N) is 2. The van der Waals surface area contributed by atoms with Crippen LogP contribution in [-0.4, -0.2) is 16.7 Å². The predicted octanol–water partition coefficient (Wildman–Crippen LogP) is 2.96. The molecule has 1 fully saturated rings. The Labute approximate surface area is 120 Å². The van der Waals surface area contributed by atoms with Crippen molar-refractivity contribution in [3.63, 3.8) is 0 Å². The van der Waals surface area contributed by atoms with Crippen molar-refractivity contribution < 1.29 is 4.52 Å². The molecular formula is C13H13Cl2N3O. The van der Waals surface area contributed by atoms with Crippen molar-refractivity contribution in [2.24, 2.45) is 5.73 Å². The molecule has 0 spiro atoms. The molecule has 100 valence electrons. The SMILES string of the molecule is NCC1(c2nc(Cc3ccc(Cl)c(Cl)c3)no2)CC1. The Hall–Kier alpha value is -1.10. The van der Waals surface area contributed by atoms with Gasteiger partial charge in [-0.15, -0.1) is 0 Å². The maximum atomic E-state index is 5.98. The molecule has 4 nitrogen and oxygen atoms in total. The lowest BCUT2D eigenvalue weighted by molar-refractivity contribution is 0.344. The highest BCUT2D eigenvalue weighted by molar-refractivity contribution is 6.42. The molecule has 0 bridgehead atoms. The van der Waals surface area contributed by atoms with Crippen LogP contribution in [-0.2, 0) is 11.8 Å². The molecule has 0 amide bonds. The molecule has 6 heteroatoms. The smallest absolute Gasteiger partial charge is 0.234 e. The van der Waals surface area contributed by atoms with Crippen LogP contribution in [0.5, 0.6) is 0 Å². The van der Waals surface area contributed by atoms with Gasteiger partial charge in [0.15, 0.2) is 5.82 Å². The van der Waals surface area contributed by atoms with Crippen LogP contribution in [0.2, 0.25) is 10.0 Å². The first kappa shape index (κ1) is 12.9. The summed E-state index contributed by atoms with van der Waals surface area (Å²) in [5.41, 5.74) is 6.67. The predicted molar refractivity (Wildman–Crippen MR) is 73.5 cm³/mol. The normalized spacial score (nSPS) is 16.6. The number of rotatable bonds is 4. The van der Waals surface area contributed by atoms with Gasteiger partial charge in [-0.2, -0.15) is 4.98 Å². The number of hydrogen-bond donors (Lipinski definition) is 1. The minimum absolute atomic E-state index is 0.0666. The van der Waals surface area contributed by atoms with Gasteiger partial charge in [0.2, 0.25) is 5.89 Å². The summed E-state index contributed by atoms with van der Waals surface area (Å²) in [4.78, 5) is 4.43. The van der Waals surface area contributed by atoms with E-state index in [4.69, 9.17) is 33.5 Å². The number of nitrogens with two attached hydrogens (primary N) is 1. The quantitative estimate of drug-likeness (QED) is 0.942. The molecule has 2 N–H and O–H groups in total. The molecule has 0 aliphatic heterocycles. The van der Waals surface area contributed by atoms with Crippen LogP contribution < -0.4 is 5.73 Å². The van der Waals surface area contributed by atoms with E-state index in [1.54, 1.807) is 6.07 Å². The van der Waals surface area contributed by atoms with Crippen LogP contribution in [0.25, 0.3) is 0 Å². The van der Waals surface area contributed by atoms with E-state index in [0.29, 0.717) is 34.7 Å². The Morgan fingerprint density at radius 2 is 2.05 bits per heavy atom. The molecular weight excluding hydrogens is 285 g/mol. The first-order valence-corrected chi connectivity index (χ1v) is 6.86. The molecule has 1 saturated carbocycles. The largest absolute Gasteiger partial charge is 0.339 e. The van der Waals surface area contributed by atoms with E-state index in [2.05, 4.69) is 10.1 Å². The molecule has 0 saturated heterocycles. The molecule has 1 aliphatic carbocycles. The van der Waals surface area contributed by atoms with Gasteiger partial charge in [-0.3, -0.25) is 0 Å². The van der Waals surface area contributed by atoms with E-state index in [9.17, 15) is 0 Å². The third-order valence-corrected chi connectivity index (χ3v) is 4.25. The van der Waals surface area contributed by atoms with E-state index in [-0.39, 0.29) is 5.41 Å². The van der Waals surface area contributed by atoms with Gasteiger partial charge in [0.05, 0.1) is 15.5 Å². The molecule has 1 aromatic carbocycles. The Kier molecular flexibility index (Phi) is 3.25. The zero-order valence-corrected chi connectivity index (χ0v) is 11.7. The zero-order valence-electron chi connectivity index (χ0n) is 10.2. The average Bonchev–Trinajstić information content (AvgIpc) is 3.07. The Bertz CT molecular complexity index is 608. The summed E-state index contributed by atoms with van der Waals surface area (Å²) < 4.78 is 5.31. The standard InChI is InChI=1S/C13H13Cl2N3O/c14-9-2-1-8(5-10(9)15)6-11-17-12(19-18-11)13(7-16)3-4-13/h1-2,5H,3-4,6-7,16H2. The van der Waals surface area contributed by atoms with Crippen molar-refractivity contribution in [3.8, 4) is 0 Å². The van der Waals surface area contributed by atoms with E-state index in [1.807, 2.05) is 12.1 Å². The van der Waals surface area contributed by atoms with E-state index < -0.39 is 0 Å². The average molecular weight is 298 g/mol. The molecule has 0 unspecified atom stereocenters. The number of aromatic nitrogens is 2. The highest BCUT2D eigenvalue weighted by Crippen LogP contribution is 2.46. The molecule has 1 aromatic heterocycles. The van der Waals surface area contributed by atoms with Crippen molar-refractivity contribution in [1.82, 2.24) is 10.1 Å². The molecule has 0 atom stereocenters. The van der Waals surface area contributed by atoms with Crippen molar-refractivity contribution in [3.05, 3.63) is 45.5 Å². The summed E-state index contributed by atoms with van der Waals surface area (Å²) >= 11 is 11.9. The van der Waals surface area contributed by atoms with Crippen molar-refractivity contribution in [2.45, 2.75) is 24.7 Å². The molecule has 0 radical (unpaired) electrons. The summed E-state index contributed by atoms with van der Waals surface area (Å²) in [5, 5.41) is 5.07. The minimum Gasteiger partial charge on any atom is -0.339 e. The molecule has 1 aliphatic rings. The number of benzene rings is 1. The second-order valence-corrected chi connectivity index (χ2v) is 5.74. The second kappa shape index (κ2) is 4.78. The number of hydrogen-bond acceptors (Lipinski definition) is 4. The van der Waals surface area contributed by atoms with Crippen molar-refractivity contribution in [2.75, 3.05) is 6.54 Å². The lowest BCUT2D eigenvalue weighted by atomic mass is 10.1. The summed E-state index contributed by atoms with van der Waals surface area (Å²) in [6.07, 6.45) is 2.62. The highest BCUT2D eigenvalue weighted by Gasteiger charge is 2.48. The van der Waals surface area contributed by atoms with Gasteiger partial charge in [-0.05, 0) is 30.5 Å². The van der Waals surface area contributed by atoms with E-state index >= 15 is 0 Å². The van der Waals surface area contributed by atoms with Gasteiger partial charge >= 0.3 is 0 Å². The van der Waals surface area contributed by atoms with Crippen LogP contribution >= 0.6 is 23.2 Å². The van der Waals surface area contributed by atoms with E-state index in [0.717, 1.165) is 18.4 Å². The van der Waals surface area contributed by atoms with Gasteiger partial charge < -0.3 is 10.3 Å². The summed E-state index contributed by atoms with van der Waals surface area (Å²) in [6.45, 7) is 0.557. The molecule has 1 heterocycles. The van der Waals surface area contributed by atoms with Crippen LogP contribution in [0.1, 0.15) is 30.1 Å².